The first-order valence-corrected chi connectivity index (χ1v) is 8.59. The standard InChI is InChI=1S/C18H20ClN3O3/c1-11-7-15(16(25-2)9-13(11)19)20-17(23)10-22-18(24)8-12-5-3-4-6-14(12)21-22/h7-9H,3-6,10H2,1-2H3,(H,20,23). The predicted octanol–water partition coefficient (Wildman–Crippen LogP) is 2.73. The average Bonchev–Trinajstić information content (AvgIpc) is 2.58. The lowest BCUT2D eigenvalue weighted by molar-refractivity contribution is -0.117. The van der Waals surface area contributed by atoms with Crippen molar-refractivity contribution in [3.05, 3.63) is 50.4 Å². The van der Waals surface area contributed by atoms with Gasteiger partial charge in [-0.25, -0.2) is 4.68 Å². The molecule has 25 heavy (non-hydrogen) atoms. The molecule has 3 rings (SSSR count). The second-order valence-corrected chi connectivity index (χ2v) is 6.58. The summed E-state index contributed by atoms with van der Waals surface area (Å²) in [5.41, 5.74) is 3.00. The van der Waals surface area contributed by atoms with E-state index < -0.39 is 0 Å². The zero-order valence-corrected chi connectivity index (χ0v) is 15.0. The van der Waals surface area contributed by atoms with E-state index in [-0.39, 0.29) is 18.0 Å². The summed E-state index contributed by atoms with van der Waals surface area (Å²) in [7, 11) is 1.51. The van der Waals surface area contributed by atoms with Crippen molar-refractivity contribution < 1.29 is 9.53 Å². The van der Waals surface area contributed by atoms with Gasteiger partial charge in [-0.2, -0.15) is 5.10 Å². The van der Waals surface area contributed by atoms with Crippen LogP contribution in [0.25, 0.3) is 0 Å². The van der Waals surface area contributed by atoms with E-state index in [2.05, 4.69) is 10.4 Å². The SMILES string of the molecule is COc1cc(Cl)c(C)cc1NC(=O)Cn1nc2c(cc1=O)CCCC2. The Morgan fingerprint density at radius 2 is 2.08 bits per heavy atom. The molecule has 1 amide bonds. The molecule has 0 atom stereocenters. The number of ether oxygens (including phenoxy) is 1. The minimum absolute atomic E-state index is 0.142. The Balaban J connectivity index is 1.80. The molecule has 1 N–H and O–H groups in total. The predicted molar refractivity (Wildman–Crippen MR) is 96.5 cm³/mol. The van der Waals surface area contributed by atoms with E-state index in [9.17, 15) is 9.59 Å². The zero-order chi connectivity index (χ0) is 18.0. The third-order valence-corrected chi connectivity index (χ3v) is 4.73. The smallest absolute Gasteiger partial charge is 0.267 e. The second-order valence-electron chi connectivity index (χ2n) is 6.17. The topological polar surface area (TPSA) is 73.2 Å². The first-order chi connectivity index (χ1) is 12.0. The quantitative estimate of drug-likeness (QED) is 0.908. The molecule has 1 aliphatic rings. The van der Waals surface area contributed by atoms with Gasteiger partial charge in [0.05, 0.1) is 18.5 Å². The molecule has 1 aromatic carbocycles. The molecule has 0 radical (unpaired) electrons. The number of benzene rings is 1. The number of methoxy groups -OCH3 is 1. The Kier molecular flexibility index (Phi) is 5.08. The maximum absolute atomic E-state index is 12.4. The van der Waals surface area contributed by atoms with Gasteiger partial charge in [-0.1, -0.05) is 11.6 Å². The molecule has 0 bridgehead atoms. The molecule has 1 aromatic heterocycles. The molecule has 1 aliphatic carbocycles. The van der Waals surface area contributed by atoms with E-state index in [1.54, 1.807) is 18.2 Å². The van der Waals surface area contributed by atoms with E-state index in [1.807, 2.05) is 6.92 Å². The maximum atomic E-state index is 12.4. The summed E-state index contributed by atoms with van der Waals surface area (Å²) in [4.78, 5) is 24.5. The summed E-state index contributed by atoms with van der Waals surface area (Å²) < 4.78 is 6.46. The van der Waals surface area contributed by atoms with Crippen molar-refractivity contribution in [2.75, 3.05) is 12.4 Å². The van der Waals surface area contributed by atoms with Gasteiger partial charge in [0.25, 0.3) is 5.56 Å². The Hall–Kier alpha value is -2.34. The summed E-state index contributed by atoms with van der Waals surface area (Å²) >= 11 is 6.07. The molecule has 0 fully saturated rings. The van der Waals surface area contributed by atoms with Crippen LogP contribution < -0.4 is 15.6 Å². The highest BCUT2D eigenvalue weighted by atomic mass is 35.5. The Bertz CT molecular complexity index is 877. The number of rotatable bonds is 4. The lowest BCUT2D eigenvalue weighted by Crippen LogP contribution is -2.31. The molecule has 0 spiro atoms. The highest BCUT2D eigenvalue weighted by molar-refractivity contribution is 6.31. The van der Waals surface area contributed by atoms with Gasteiger partial charge in [0.15, 0.2) is 0 Å². The van der Waals surface area contributed by atoms with Crippen LogP contribution in [0.4, 0.5) is 5.69 Å². The van der Waals surface area contributed by atoms with Crippen molar-refractivity contribution in [2.24, 2.45) is 0 Å². The van der Waals surface area contributed by atoms with Crippen molar-refractivity contribution in [2.45, 2.75) is 39.2 Å². The van der Waals surface area contributed by atoms with Crippen LogP contribution in [0, 0.1) is 6.92 Å². The molecule has 1 heterocycles. The first kappa shape index (κ1) is 17.5. The van der Waals surface area contributed by atoms with Crippen LogP contribution >= 0.6 is 11.6 Å². The molecular formula is C18H20ClN3O3. The number of amides is 1. The van der Waals surface area contributed by atoms with Gasteiger partial charge in [0.2, 0.25) is 5.91 Å². The van der Waals surface area contributed by atoms with E-state index in [1.165, 1.54) is 11.8 Å². The number of aromatic nitrogens is 2. The highest BCUT2D eigenvalue weighted by Gasteiger charge is 2.16. The number of anilines is 1. The van der Waals surface area contributed by atoms with Crippen molar-refractivity contribution in [3.63, 3.8) is 0 Å². The largest absolute Gasteiger partial charge is 0.495 e. The summed E-state index contributed by atoms with van der Waals surface area (Å²) in [5.74, 6) is 0.125. The van der Waals surface area contributed by atoms with Crippen molar-refractivity contribution >= 4 is 23.2 Å². The summed E-state index contributed by atoms with van der Waals surface area (Å²) in [5, 5.41) is 7.68. The number of hydrogen-bond acceptors (Lipinski definition) is 4. The van der Waals surface area contributed by atoms with Crippen LogP contribution in [-0.4, -0.2) is 22.8 Å². The number of carbonyl (C=O) groups is 1. The lowest BCUT2D eigenvalue weighted by atomic mass is 9.97. The third kappa shape index (κ3) is 3.85. The first-order valence-electron chi connectivity index (χ1n) is 8.22. The van der Waals surface area contributed by atoms with Crippen LogP contribution in [0.2, 0.25) is 5.02 Å². The molecule has 0 saturated carbocycles. The van der Waals surface area contributed by atoms with Gasteiger partial charge in [-0.05, 0) is 49.8 Å². The molecule has 0 saturated heterocycles. The summed E-state index contributed by atoms with van der Waals surface area (Å²) in [6.07, 6.45) is 3.87. The third-order valence-electron chi connectivity index (χ3n) is 4.32. The fraction of sp³-hybridized carbons (Fsp3) is 0.389. The van der Waals surface area contributed by atoms with Crippen LogP contribution in [0.3, 0.4) is 0 Å². The number of hydrogen-bond donors (Lipinski definition) is 1. The van der Waals surface area contributed by atoms with E-state index in [0.717, 1.165) is 42.5 Å². The van der Waals surface area contributed by atoms with Crippen LogP contribution in [0.5, 0.6) is 5.75 Å². The van der Waals surface area contributed by atoms with Gasteiger partial charge in [0.1, 0.15) is 12.3 Å². The Morgan fingerprint density at radius 3 is 2.84 bits per heavy atom. The van der Waals surface area contributed by atoms with E-state index in [4.69, 9.17) is 16.3 Å². The van der Waals surface area contributed by atoms with Crippen LogP contribution in [-0.2, 0) is 24.2 Å². The number of carbonyl (C=O) groups excluding carboxylic acids is 1. The number of aryl methyl sites for hydroxylation is 3. The minimum Gasteiger partial charge on any atom is -0.495 e. The summed E-state index contributed by atoms with van der Waals surface area (Å²) in [6, 6.07) is 4.99. The number of nitrogens with one attached hydrogen (secondary N) is 1. The molecule has 6 nitrogen and oxygen atoms in total. The van der Waals surface area contributed by atoms with Gasteiger partial charge in [0, 0.05) is 17.2 Å². The van der Waals surface area contributed by atoms with Crippen LogP contribution in [0.15, 0.2) is 23.0 Å². The normalized spacial score (nSPS) is 13.2. The van der Waals surface area contributed by atoms with Crippen molar-refractivity contribution in [3.8, 4) is 5.75 Å². The van der Waals surface area contributed by atoms with Crippen LogP contribution in [0.1, 0.15) is 29.7 Å². The van der Waals surface area contributed by atoms with Crippen molar-refractivity contribution in [1.82, 2.24) is 9.78 Å². The second kappa shape index (κ2) is 7.27. The van der Waals surface area contributed by atoms with Gasteiger partial charge in [-0.15, -0.1) is 0 Å². The molecule has 132 valence electrons. The average molecular weight is 362 g/mol. The fourth-order valence-electron chi connectivity index (χ4n) is 2.97. The monoisotopic (exact) mass is 361 g/mol. The highest BCUT2D eigenvalue weighted by Crippen LogP contribution is 2.30. The molecule has 0 unspecified atom stereocenters. The number of nitrogens with zero attached hydrogens (tertiary/aromatic N) is 2. The van der Waals surface area contributed by atoms with E-state index >= 15 is 0 Å². The fourth-order valence-corrected chi connectivity index (χ4v) is 3.12. The number of halogens is 1. The van der Waals surface area contributed by atoms with Gasteiger partial charge >= 0.3 is 0 Å². The summed E-state index contributed by atoms with van der Waals surface area (Å²) in [6.45, 7) is 1.70. The zero-order valence-electron chi connectivity index (χ0n) is 14.3. The lowest BCUT2D eigenvalue weighted by Gasteiger charge is -2.16. The molecule has 2 aromatic rings. The molecule has 7 heteroatoms. The van der Waals surface area contributed by atoms with Gasteiger partial charge in [-0.3, -0.25) is 9.59 Å². The minimum atomic E-state index is -0.342. The number of fused-ring (bicyclic) bond motifs is 1. The van der Waals surface area contributed by atoms with Crippen molar-refractivity contribution in [1.29, 1.82) is 0 Å². The molecular weight excluding hydrogens is 342 g/mol. The Labute approximate surface area is 150 Å². The Morgan fingerprint density at radius 1 is 1.32 bits per heavy atom. The van der Waals surface area contributed by atoms with E-state index in [0.29, 0.717) is 16.5 Å². The van der Waals surface area contributed by atoms with Gasteiger partial charge < -0.3 is 10.1 Å². The maximum Gasteiger partial charge on any atom is 0.267 e. The molecule has 0 aliphatic heterocycles.